The fourth-order valence-corrected chi connectivity index (χ4v) is 7.07. The minimum absolute atomic E-state index is 0.0387. The van der Waals surface area contributed by atoms with Gasteiger partial charge in [-0.1, -0.05) is 111 Å². The van der Waals surface area contributed by atoms with Gasteiger partial charge in [0.1, 0.15) is 12.6 Å². The van der Waals surface area contributed by atoms with Gasteiger partial charge in [0.2, 0.25) is 11.8 Å². The number of halogens is 2. The molecule has 0 fully saturated rings. The first-order valence-electron chi connectivity index (χ1n) is 15.7. The first-order chi connectivity index (χ1) is 22.4. The predicted octanol–water partition coefficient (Wildman–Crippen LogP) is 7.87. The van der Waals surface area contributed by atoms with Gasteiger partial charge in [0, 0.05) is 34.6 Å². The lowest BCUT2D eigenvalue weighted by Gasteiger charge is -2.34. The molecule has 47 heavy (non-hydrogen) atoms. The molecular weight excluding hydrogens is 653 g/mol. The Bertz CT molecular complexity index is 1730. The lowest BCUT2D eigenvalue weighted by molar-refractivity contribution is -0.140. The summed E-state index contributed by atoms with van der Waals surface area (Å²) in [5, 5.41) is 3.68. The molecule has 2 amide bonds. The molecule has 0 aliphatic heterocycles. The lowest BCUT2D eigenvalue weighted by Crippen LogP contribution is -2.54. The number of hydrogen-bond donors (Lipinski definition) is 1. The summed E-state index contributed by atoms with van der Waals surface area (Å²) in [7, 11) is -4.20. The van der Waals surface area contributed by atoms with Gasteiger partial charge in [0.05, 0.1) is 10.6 Å². The third kappa shape index (κ3) is 9.15. The van der Waals surface area contributed by atoms with E-state index in [1.165, 1.54) is 17.0 Å². The Morgan fingerprint density at radius 2 is 1.36 bits per heavy atom. The van der Waals surface area contributed by atoms with Crippen LogP contribution in [0, 0.1) is 0 Å². The van der Waals surface area contributed by atoms with Crippen molar-refractivity contribution in [2.45, 2.75) is 70.0 Å². The second-order valence-electron chi connectivity index (χ2n) is 11.8. The maximum atomic E-state index is 14.7. The second-order valence-corrected chi connectivity index (χ2v) is 14.5. The molecular formula is C37H41Cl2N3O4S. The van der Waals surface area contributed by atoms with Gasteiger partial charge >= 0.3 is 0 Å². The molecule has 0 heterocycles. The van der Waals surface area contributed by atoms with Crippen molar-refractivity contribution < 1.29 is 18.0 Å². The normalized spacial score (nSPS) is 12.7. The molecule has 0 radical (unpaired) electrons. The molecule has 0 aromatic heterocycles. The quantitative estimate of drug-likeness (QED) is 0.146. The van der Waals surface area contributed by atoms with E-state index in [9.17, 15) is 18.0 Å². The largest absolute Gasteiger partial charge is 0.352 e. The monoisotopic (exact) mass is 693 g/mol. The first kappa shape index (κ1) is 36.0. The molecule has 0 spiro atoms. The molecule has 0 aliphatic carbocycles. The Balaban J connectivity index is 1.84. The van der Waals surface area contributed by atoms with Gasteiger partial charge in [0.15, 0.2) is 0 Å². The summed E-state index contributed by atoms with van der Waals surface area (Å²) in [6.45, 7) is 7.26. The zero-order chi connectivity index (χ0) is 34.1. The highest BCUT2D eigenvalue weighted by Crippen LogP contribution is 2.30. The molecule has 10 heteroatoms. The summed E-state index contributed by atoms with van der Waals surface area (Å²) in [4.78, 5) is 30.1. The maximum absolute atomic E-state index is 14.7. The van der Waals surface area contributed by atoms with Crippen molar-refractivity contribution in [1.82, 2.24) is 10.2 Å². The fraction of sp³-hybridized carbons (Fsp3) is 0.297. The van der Waals surface area contributed by atoms with Gasteiger partial charge in [0.25, 0.3) is 10.0 Å². The van der Waals surface area contributed by atoms with E-state index in [0.29, 0.717) is 27.7 Å². The molecule has 1 N–H and O–H groups in total. The zero-order valence-corrected chi connectivity index (χ0v) is 29.4. The molecule has 4 aromatic rings. The smallest absolute Gasteiger partial charge is 0.264 e. The minimum Gasteiger partial charge on any atom is -0.352 e. The number of benzene rings is 4. The molecule has 0 saturated carbocycles. The van der Waals surface area contributed by atoms with Crippen molar-refractivity contribution in [2.24, 2.45) is 0 Å². The van der Waals surface area contributed by atoms with Crippen molar-refractivity contribution in [3.8, 4) is 0 Å². The molecule has 2 unspecified atom stereocenters. The number of carbonyl (C=O) groups is 2. The zero-order valence-electron chi connectivity index (χ0n) is 27.1. The Hall–Kier alpha value is -3.85. The summed E-state index contributed by atoms with van der Waals surface area (Å²) in [5.74, 6) is -0.726. The summed E-state index contributed by atoms with van der Waals surface area (Å²) in [6, 6.07) is 28.4. The van der Waals surface area contributed by atoms with Gasteiger partial charge in [-0.15, -0.1) is 0 Å². The number of nitrogens with zero attached hydrogens (tertiary/aromatic N) is 2. The van der Waals surface area contributed by atoms with E-state index in [0.717, 1.165) is 15.4 Å². The number of anilines is 1. The average molecular weight is 695 g/mol. The topological polar surface area (TPSA) is 86.8 Å². The third-order valence-electron chi connectivity index (χ3n) is 8.12. The number of hydrogen-bond acceptors (Lipinski definition) is 4. The number of rotatable bonds is 14. The number of carbonyl (C=O) groups excluding carboxylic acids is 2. The van der Waals surface area contributed by atoms with Crippen molar-refractivity contribution in [3.63, 3.8) is 0 Å². The lowest BCUT2D eigenvalue weighted by atomic mass is 10.0. The number of nitrogens with one attached hydrogen (secondary N) is 1. The van der Waals surface area contributed by atoms with E-state index in [-0.39, 0.29) is 35.7 Å². The molecule has 0 aliphatic rings. The summed E-state index contributed by atoms with van der Waals surface area (Å²) in [5.41, 5.74) is 2.64. The van der Waals surface area contributed by atoms with E-state index in [1.54, 1.807) is 48.5 Å². The molecule has 2 atom stereocenters. The van der Waals surface area contributed by atoms with Crippen LogP contribution in [0.15, 0.2) is 108 Å². The highest BCUT2D eigenvalue weighted by molar-refractivity contribution is 7.92. The van der Waals surface area contributed by atoms with Crippen LogP contribution in [0.4, 0.5) is 5.69 Å². The second kappa shape index (κ2) is 16.3. The van der Waals surface area contributed by atoms with Crippen molar-refractivity contribution in [2.75, 3.05) is 10.8 Å². The van der Waals surface area contributed by atoms with Gasteiger partial charge in [-0.2, -0.15) is 0 Å². The average Bonchev–Trinajstić information content (AvgIpc) is 3.07. The van der Waals surface area contributed by atoms with Gasteiger partial charge in [-0.3, -0.25) is 13.9 Å². The van der Waals surface area contributed by atoms with Crippen LogP contribution in [0.2, 0.25) is 10.0 Å². The van der Waals surface area contributed by atoms with Crippen molar-refractivity contribution in [3.05, 3.63) is 130 Å². The maximum Gasteiger partial charge on any atom is 0.264 e. The summed E-state index contributed by atoms with van der Waals surface area (Å²) >= 11 is 13.2. The summed E-state index contributed by atoms with van der Waals surface area (Å²) < 4.78 is 29.5. The van der Waals surface area contributed by atoms with Crippen molar-refractivity contribution in [1.29, 1.82) is 0 Å². The Kier molecular flexibility index (Phi) is 12.5. The summed E-state index contributed by atoms with van der Waals surface area (Å²) in [6.07, 6.45) is 0.870. The molecule has 0 saturated heterocycles. The Morgan fingerprint density at radius 3 is 1.91 bits per heavy atom. The highest BCUT2D eigenvalue weighted by Gasteiger charge is 2.35. The van der Waals surface area contributed by atoms with E-state index < -0.39 is 28.5 Å². The highest BCUT2D eigenvalue weighted by atomic mass is 35.5. The molecule has 248 valence electrons. The molecule has 0 bridgehead atoms. The van der Waals surface area contributed by atoms with Crippen LogP contribution in [0.5, 0.6) is 0 Å². The number of sulfonamides is 1. The Morgan fingerprint density at radius 1 is 0.787 bits per heavy atom. The molecule has 4 aromatic carbocycles. The standard InChI is InChI=1S/C37H41Cl2N3O4S/c1-5-27(4)40-37(44)35(23-28-13-8-6-9-14-28)41(24-32-33(38)17-12-18-34(32)39)36(43)25-42(30-21-19-29(20-22-30)26(2)3)47(45,46)31-15-10-7-11-16-31/h6-22,26-27,35H,5,23-25H2,1-4H3,(H,40,44). The van der Waals surface area contributed by atoms with E-state index in [1.807, 2.05) is 70.2 Å². The van der Waals surface area contributed by atoms with E-state index >= 15 is 0 Å². The van der Waals surface area contributed by atoms with E-state index in [2.05, 4.69) is 5.32 Å². The van der Waals surface area contributed by atoms with Crippen LogP contribution in [-0.2, 0) is 32.6 Å². The Labute approximate surface area is 288 Å². The van der Waals surface area contributed by atoms with E-state index in [4.69, 9.17) is 23.2 Å². The van der Waals surface area contributed by atoms with Gasteiger partial charge in [-0.05, 0) is 66.8 Å². The number of amides is 2. The van der Waals surface area contributed by atoms with Crippen LogP contribution in [0.3, 0.4) is 0 Å². The molecule has 7 nitrogen and oxygen atoms in total. The van der Waals surface area contributed by atoms with Gasteiger partial charge < -0.3 is 10.2 Å². The SMILES string of the molecule is CCC(C)NC(=O)C(Cc1ccccc1)N(Cc1c(Cl)cccc1Cl)C(=O)CN(c1ccc(C(C)C)cc1)S(=O)(=O)c1ccccc1. The van der Waals surface area contributed by atoms with Gasteiger partial charge in [-0.25, -0.2) is 8.42 Å². The van der Waals surface area contributed by atoms with Crippen LogP contribution >= 0.6 is 23.2 Å². The van der Waals surface area contributed by atoms with Crippen LogP contribution < -0.4 is 9.62 Å². The fourth-order valence-electron chi connectivity index (χ4n) is 5.12. The minimum atomic E-state index is -4.20. The van der Waals surface area contributed by atoms with Crippen LogP contribution in [0.1, 0.15) is 56.7 Å². The third-order valence-corrected chi connectivity index (χ3v) is 10.6. The predicted molar refractivity (Wildman–Crippen MR) is 190 cm³/mol. The molecule has 4 rings (SSSR count). The van der Waals surface area contributed by atoms with Crippen LogP contribution in [0.25, 0.3) is 0 Å². The van der Waals surface area contributed by atoms with Crippen LogP contribution in [-0.4, -0.2) is 43.8 Å². The van der Waals surface area contributed by atoms with Crippen molar-refractivity contribution >= 4 is 50.7 Å². The first-order valence-corrected chi connectivity index (χ1v) is 17.9.